The summed E-state index contributed by atoms with van der Waals surface area (Å²) in [7, 11) is 1.35. The highest BCUT2D eigenvalue weighted by Gasteiger charge is 2.36. The zero-order valence-electron chi connectivity index (χ0n) is 21.0. The minimum Gasteiger partial charge on any atom is -0.465 e. The van der Waals surface area contributed by atoms with Gasteiger partial charge in [-0.25, -0.2) is 9.59 Å². The predicted molar refractivity (Wildman–Crippen MR) is 146 cm³/mol. The molecule has 6 nitrogen and oxygen atoms in total. The Morgan fingerprint density at radius 1 is 0.973 bits per heavy atom. The smallest absolute Gasteiger partial charge is 0.339 e. The van der Waals surface area contributed by atoms with Crippen molar-refractivity contribution in [3.63, 3.8) is 0 Å². The summed E-state index contributed by atoms with van der Waals surface area (Å²) >= 11 is 1.87. The number of methoxy groups -OCH3 is 1. The highest BCUT2D eigenvalue weighted by Crippen LogP contribution is 2.44. The number of carbonyl (C=O) groups excluding carboxylic acids is 2. The van der Waals surface area contributed by atoms with Gasteiger partial charge in [-0.2, -0.15) is 0 Å². The normalized spacial score (nSPS) is 16.3. The summed E-state index contributed by atoms with van der Waals surface area (Å²) in [6, 6.07) is 19.0. The summed E-state index contributed by atoms with van der Waals surface area (Å²) in [5, 5.41) is 4.26. The Hall–Kier alpha value is -3.84. The maximum absolute atomic E-state index is 14.1. The summed E-state index contributed by atoms with van der Waals surface area (Å²) in [4.78, 5) is 29.9. The molecule has 6 rings (SSSR count). The lowest BCUT2D eigenvalue weighted by Crippen LogP contribution is -2.38. The van der Waals surface area contributed by atoms with E-state index in [4.69, 9.17) is 4.74 Å². The van der Waals surface area contributed by atoms with Crippen LogP contribution in [0.15, 0.2) is 66.9 Å². The van der Waals surface area contributed by atoms with Crippen LogP contribution in [0.1, 0.15) is 62.1 Å². The molecule has 0 bridgehead atoms. The number of amides is 2. The first kappa shape index (κ1) is 23.6. The van der Waals surface area contributed by atoms with Crippen molar-refractivity contribution in [2.75, 3.05) is 12.4 Å². The van der Waals surface area contributed by atoms with Crippen LogP contribution in [0.5, 0.6) is 0 Å². The molecular weight excluding hydrogens is 482 g/mol. The SMILES string of the molecule is COC(=O)c1ccccc1NC(=O)N1Cc2c(sc3c2CCCC3)-n2cccc2C1c1ccc(C)cc1. The van der Waals surface area contributed by atoms with Crippen LogP contribution in [0.25, 0.3) is 5.00 Å². The number of ether oxygens (including phenoxy) is 1. The number of esters is 1. The molecule has 0 spiro atoms. The van der Waals surface area contributed by atoms with E-state index in [0.717, 1.165) is 24.1 Å². The second kappa shape index (κ2) is 9.56. The molecule has 4 aromatic rings. The lowest BCUT2D eigenvalue weighted by Gasteiger charge is -2.31. The number of nitrogens with zero attached hydrogens (tertiary/aromatic N) is 2. The zero-order chi connectivity index (χ0) is 25.5. The Morgan fingerprint density at radius 2 is 1.76 bits per heavy atom. The quantitative estimate of drug-likeness (QED) is 0.313. The number of urea groups is 1. The van der Waals surface area contributed by atoms with Crippen molar-refractivity contribution in [1.29, 1.82) is 0 Å². The van der Waals surface area contributed by atoms with E-state index in [0.29, 0.717) is 17.8 Å². The Bertz CT molecular complexity index is 1480. The van der Waals surface area contributed by atoms with Gasteiger partial charge < -0.3 is 19.5 Å². The van der Waals surface area contributed by atoms with E-state index >= 15 is 0 Å². The number of hydrogen-bond donors (Lipinski definition) is 1. The van der Waals surface area contributed by atoms with Crippen LogP contribution in [-0.4, -0.2) is 28.6 Å². The molecule has 2 aliphatic rings. The number of rotatable bonds is 3. The van der Waals surface area contributed by atoms with Crippen molar-refractivity contribution in [3.05, 3.63) is 105 Å². The first-order chi connectivity index (χ1) is 18.0. The van der Waals surface area contributed by atoms with Crippen molar-refractivity contribution in [3.8, 4) is 5.00 Å². The number of hydrogen-bond acceptors (Lipinski definition) is 4. The summed E-state index contributed by atoms with van der Waals surface area (Å²) in [5.74, 6) is -0.482. The van der Waals surface area contributed by atoms with Crippen LogP contribution >= 0.6 is 11.3 Å². The highest BCUT2D eigenvalue weighted by atomic mass is 32.1. The average Bonchev–Trinajstić information content (AvgIpc) is 3.51. The van der Waals surface area contributed by atoms with Gasteiger partial charge in [-0.15, -0.1) is 11.3 Å². The number of aryl methyl sites for hydroxylation is 2. The third-order valence-electron chi connectivity index (χ3n) is 7.41. The maximum Gasteiger partial charge on any atom is 0.339 e. The number of nitrogens with one attached hydrogen (secondary N) is 1. The number of aromatic nitrogens is 1. The van der Waals surface area contributed by atoms with E-state index in [1.165, 1.54) is 46.5 Å². The summed E-state index contributed by atoms with van der Waals surface area (Å²) in [6.07, 6.45) is 6.66. The van der Waals surface area contributed by atoms with Crippen molar-refractivity contribution in [1.82, 2.24) is 9.47 Å². The topological polar surface area (TPSA) is 63.6 Å². The highest BCUT2D eigenvalue weighted by molar-refractivity contribution is 7.15. The number of para-hydroxylation sites is 1. The molecule has 1 aliphatic carbocycles. The van der Waals surface area contributed by atoms with E-state index in [2.05, 4.69) is 59.4 Å². The minimum atomic E-state index is -0.482. The molecule has 188 valence electrons. The van der Waals surface area contributed by atoms with Crippen molar-refractivity contribution in [2.24, 2.45) is 0 Å². The molecule has 0 saturated carbocycles. The number of thiophene rings is 1. The predicted octanol–water partition coefficient (Wildman–Crippen LogP) is 6.65. The van der Waals surface area contributed by atoms with Crippen molar-refractivity contribution in [2.45, 2.75) is 45.2 Å². The third kappa shape index (κ3) is 4.13. The Balaban J connectivity index is 1.48. The Morgan fingerprint density at radius 3 is 2.57 bits per heavy atom. The van der Waals surface area contributed by atoms with E-state index in [1.54, 1.807) is 24.3 Å². The first-order valence-corrected chi connectivity index (χ1v) is 13.5. The molecule has 1 atom stereocenters. The molecule has 3 heterocycles. The van der Waals surface area contributed by atoms with E-state index < -0.39 is 5.97 Å². The van der Waals surface area contributed by atoms with E-state index in [9.17, 15) is 9.59 Å². The molecule has 0 radical (unpaired) electrons. The van der Waals surface area contributed by atoms with Crippen LogP contribution in [-0.2, 0) is 24.1 Å². The second-order valence-electron chi connectivity index (χ2n) is 9.71. The fraction of sp³-hybridized carbons (Fsp3) is 0.267. The van der Waals surface area contributed by atoms with Crippen LogP contribution in [0.4, 0.5) is 10.5 Å². The molecule has 0 fully saturated rings. The van der Waals surface area contributed by atoms with Gasteiger partial charge in [0.15, 0.2) is 0 Å². The molecular formula is C30H29N3O3S. The summed E-state index contributed by atoms with van der Waals surface area (Å²) in [5.41, 5.74) is 6.69. The molecule has 37 heavy (non-hydrogen) atoms. The maximum atomic E-state index is 14.1. The summed E-state index contributed by atoms with van der Waals surface area (Å²) < 4.78 is 7.23. The van der Waals surface area contributed by atoms with Crippen LogP contribution in [0.2, 0.25) is 0 Å². The number of benzene rings is 2. The number of fused-ring (bicyclic) bond motifs is 5. The van der Waals surface area contributed by atoms with Gasteiger partial charge in [-0.1, -0.05) is 42.0 Å². The molecule has 2 aromatic carbocycles. The van der Waals surface area contributed by atoms with Crippen molar-refractivity contribution < 1.29 is 14.3 Å². The molecule has 1 unspecified atom stereocenters. The first-order valence-electron chi connectivity index (χ1n) is 12.7. The van der Waals surface area contributed by atoms with Gasteiger partial charge in [0.25, 0.3) is 0 Å². The van der Waals surface area contributed by atoms with E-state index in [-0.39, 0.29) is 12.1 Å². The van der Waals surface area contributed by atoms with Gasteiger partial charge in [-0.05, 0) is 68.0 Å². The molecule has 0 saturated heterocycles. The van der Waals surface area contributed by atoms with Crippen LogP contribution in [0, 0.1) is 6.92 Å². The van der Waals surface area contributed by atoms with Gasteiger partial charge >= 0.3 is 12.0 Å². The van der Waals surface area contributed by atoms with Crippen LogP contribution < -0.4 is 5.32 Å². The van der Waals surface area contributed by atoms with Crippen LogP contribution in [0.3, 0.4) is 0 Å². The zero-order valence-corrected chi connectivity index (χ0v) is 21.8. The van der Waals surface area contributed by atoms with E-state index in [1.807, 2.05) is 16.2 Å². The Kier molecular flexibility index (Phi) is 6.08. The molecule has 1 aliphatic heterocycles. The van der Waals surface area contributed by atoms with Crippen molar-refractivity contribution >= 4 is 29.0 Å². The molecule has 1 N–H and O–H groups in total. The second-order valence-corrected chi connectivity index (χ2v) is 10.8. The number of carbonyl (C=O) groups is 2. The monoisotopic (exact) mass is 511 g/mol. The van der Waals surface area contributed by atoms with Gasteiger partial charge in [0.05, 0.1) is 36.6 Å². The molecule has 2 amide bonds. The average molecular weight is 512 g/mol. The van der Waals surface area contributed by atoms with Gasteiger partial charge in [0.1, 0.15) is 5.00 Å². The molecule has 2 aromatic heterocycles. The fourth-order valence-corrected chi connectivity index (χ4v) is 6.96. The molecule has 7 heteroatoms. The minimum absolute atomic E-state index is 0.252. The van der Waals surface area contributed by atoms with Gasteiger partial charge in [-0.3, -0.25) is 0 Å². The fourth-order valence-electron chi connectivity index (χ4n) is 5.55. The van der Waals surface area contributed by atoms with Gasteiger partial charge in [0.2, 0.25) is 0 Å². The largest absolute Gasteiger partial charge is 0.465 e. The number of anilines is 1. The Labute approximate surface area is 220 Å². The summed E-state index contributed by atoms with van der Waals surface area (Å²) in [6.45, 7) is 2.56. The lowest BCUT2D eigenvalue weighted by molar-refractivity contribution is 0.0602. The standard InChI is InChI=1S/C30H29N3O3S/c1-19-13-15-20(16-14-19)27-25-11-7-17-32(25)28-23(21-8-4-6-12-26(21)37-28)18-33(27)30(35)31-24-10-5-3-9-22(24)29(34)36-2/h3,5,7,9-11,13-17,27H,4,6,8,12,18H2,1-2H3,(H,31,35). The lowest BCUT2D eigenvalue weighted by atomic mass is 9.95. The third-order valence-corrected chi connectivity index (χ3v) is 8.74. The van der Waals surface area contributed by atoms with Gasteiger partial charge in [0, 0.05) is 16.6 Å².